The van der Waals surface area contributed by atoms with Gasteiger partial charge in [-0.1, -0.05) is 0 Å². The normalized spacial score (nSPS) is 11.0. The second-order valence-electron chi connectivity index (χ2n) is 7.76. The highest BCUT2D eigenvalue weighted by atomic mass is 35.5. The van der Waals surface area contributed by atoms with Gasteiger partial charge in [0.05, 0.1) is 35.3 Å². The van der Waals surface area contributed by atoms with Crippen LogP contribution >= 0.6 is 12.4 Å². The minimum absolute atomic E-state index is 0. The van der Waals surface area contributed by atoms with Gasteiger partial charge in [-0.25, -0.2) is 9.78 Å². The summed E-state index contributed by atoms with van der Waals surface area (Å²) in [5.74, 6) is -0.334. The Morgan fingerprint density at radius 2 is 1.83 bits per heavy atom. The number of carbonyl (C=O) groups excluding carboxylic acids is 1. The first kappa shape index (κ1) is 28.5. The number of alkyl halides is 3. The third-order valence-electron chi connectivity index (χ3n) is 4.67. The molecule has 0 unspecified atom stereocenters. The summed E-state index contributed by atoms with van der Waals surface area (Å²) in [4.78, 5) is 20.8. The predicted molar refractivity (Wildman–Crippen MR) is 132 cm³/mol. The standard InChI is InChI=1S/C24H25F3N4O4.ClH/c1-5-34-21-10-15(12-28-22(21)32)19-8-7-18(14(4)29-19)31-23(33)30-16-6-9-20(35-13(2)3)17(11-16)24(25,26)27;/h6-13H,5H2,1-4H3,(H,28,32)(H2,30,31,33);1H. The highest BCUT2D eigenvalue weighted by Crippen LogP contribution is 2.38. The number of carbonyl (C=O) groups is 1. The number of amides is 2. The zero-order valence-electron chi connectivity index (χ0n) is 19.9. The summed E-state index contributed by atoms with van der Waals surface area (Å²) in [5.41, 5.74) is 0.900. The van der Waals surface area contributed by atoms with Gasteiger partial charge < -0.3 is 25.2 Å². The second kappa shape index (κ2) is 11.8. The summed E-state index contributed by atoms with van der Waals surface area (Å²) in [5, 5.41) is 14.7. The maximum atomic E-state index is 13.4. The van der Waals surface area contributed by atoms with Gasteiger partial charge in [-0.05, 0) is 64.1 Å². The van der Waals surface area contributed by atoms with Gasteiger partial charge in [0.1, 0.15) is 5.75 Å². The smallest absolute Gasteiger partial charge is 0.420 e. The van der Waals surface area contributed by atoms with Crippen LogP contribution in [0.5, 0.6) is 17.4 Å². The van der Waals surface area contributed by atoms with Gasteiger partial charge in [0.2, 0.25) is 0 Å². The van der Waals surface area contributed by atoms with Crippen molar-refractivity contribution in [2.75, 3.05) is 17.2 Å². The van der Waals surface area contributed by atoms with Gasteiger partial charge in [-0.3, -0.25) is 4.98 Å². The van der Waals surface area contributed by atoms with Crippen molar-refractivity contribution in [3.63, 3.8) is 0 Å². The summed E-state index contributed by atoms with van der Waals surface area (Å²) in [7, 11) is 0. The number of aryl methyl sites for hydroxylation is 1. The van der Waals surface area contributed by atoms with Crippen LogP contribution < -0.4 is 20.1 Å². The molecule has 3 N–H and O–H groups in total. The molecule has 2 aromatic heterocycles. The number of urea groups is 1. The minimum atomic E-state index is -4.65. The fraction of sp³-hybridized carbons (Fsp3) is 0.292. The highest BCUT2D eigenvalue weighted by molar-refractivity contribution is 6.00. The number of benzene rings is 1. The Labute approximate surface area is 212 Å². The average molecular weight is 527 g/mol. The van der Waals surface area contributed by atoms with E-state index in [2.05, 4.69) is 20.6 Å². The summed E-state index contributed by atoms with van der Waals surface area (Å²) in [6.45, 7) is 7.03. The van der Waals surface area contributed by atoms with E-state index < -0.39 is 23.9 Å². The fourth-order valence-electron chi connectivity index (χ4n) is 3.16. The third kappa shape index (κ3) is 7.14. The Kier molecular flexibility index (Phi) is 9.35. The molecule has 1 aromatic carbocycles. The van der Waals surface area contributed by atoms with Gasteiger partial charge in [-0.15, -0.1) is 12.4 Å². The number of halogens is 4. The van der Waals surface area contributed by atoms with Crippen molar-refractivity contribution in [1.29, 1.82) is 0 Å². The zero-order chi connectivity index (χ0) is 25.8. The van der Waals surface area contributed by atoms with Crippen LogP contribution in [-0.2, 0) is 6.18 Å². The second-order valence-corrected chi connectivity index (χ2v) is 7.76. The van der Waals surface area contributed by atoms with Crippen LogP contribution in [0.25, 0.3) is 11.3 Å². The average Bonchev–Trinajstić information content (AvgIpc) is 2.77. The molecule has 0 aliphatic carbocycles. The van der Waals surface area contributed by atoms with Crippen LogP contribution in [0, 0.1) is 6.92 Å². The molecule has 0 fully saturated rings. The summed E-state index contributed by atoms with van der Waals surface area (Å²) < 4.78 is 50.9. The Bertz CT molecular complexity index is 1220. The van der Waals surface area contributed by atoms with Crippen LogP contribution in [0.4, 0.5) is 29.3 Å². The van der Waals surface area contributed by atoms with Crippen molar-refractivity contribution < 1.29 is 32.5 Å². The lowest BCUT2D eigenvalue weighted by molar-refractivity contribution is -0.139. The topological polar surface area (TPSA) is 106 Å². The number of nitrogens with zero attached hydrogens (tertiary/aromatic N) is 2. The minimum Gasteiger partial charge on any atom is -0.491 e. The molecule has 2 heterocycles. The van der Waals surface area contributed by atoms with E-state index in [4.69, 9.17) is 9.47 Å². The van der Waals surface area contributed by atoms with E-state index in [1.807, 2.05) is 0 Å². The van der Waals surface area contributed by atoms with E-state index >= 15 is 0 Å². The first-order valence-electron chi connectivity index (χ1n) is 10.7. The van der Waals surface area contributed by atoms with Crippen LogP contribution in [0.15, 0.2) is 42.6 Å². The molecule has 3 aromatic rings. The van der Waals surface area contributed by atoms with Gasteiger partial charge >= 0.3 is 12.2 Å². The van der Waals surface area contributed by atoms with Crippen molar-refractivity contribution >= 4 is 29.8 Å². The van der Waals surface area contributed by atoms with E-state index in [0.29, 0.717) is 29.2 Å². The Morgan fingerprint density at radius 3 is 2.44 bits per heavy atom. The number of aromatic nitrogens is 2. The molecule has 0 aliphatic rings. The lowest BCUT2D eigenvalue weighted by atomic mass is 10.1. The van der Waals surface area contributed by atoms with Crippen molar-refractivity contribution in [3.8, 4) is 28.6 Å². The summed E-state index contributed by atoms with van der Waals surface area (Å²) in [6, 6.07) is 7.41. The van der Waals surface area contributed by atoms with Gasteiger partial charge in [0, 0.05) is 17.4 Å². The molecular formula is C24H26ClF3N4O4. The predicted octanol–water partition coefficient (Wildman–Crippen LogP) is 6.43. The molecule has 0 saturated heterocycles. The van der Waals surface area contributed by atoms with Gasteiger partial charge in [-0.2, -0.15) is 13.2 Å². The molecule has 36 heavy (non-hydrogen) atoms. The molecule has 2 amide bonds. The Morgan fingerprint density at radius 1 is 1.11 bits per heavy atom. The van der Waals surface area contributed by atoms with E-state index in [1.54, 1.807) is 45.9 Å². The van der Waals surface area contributed by atoms with E-state index in [9.17, 15) is 23.1 Å². The molecule has 0 spiro atoms. The van der Waals surface area contributed by atoms with Crippen molar-refractivity contribution in [3.05, 3.63) is 53.9 Å². The van der Waals surface area contributed by atoms with Crippen molar-refractivity contribution in [2.45, 2.75) is 40.0 Å². The third-order valence-corrected chi connectivity index (χ3v) is 4.67. The van der Waals surface area contributed by atoms with Crippen LogP contribution in [-0.4, -0.2) is 33.8 Å². The number of hydrogen-bond acceptors (Lipinski definition) is 6. The van der Waals surface area contributed by atoms with Crippen LogP contribution in [0.1, 0.15) is 32.0 Å². The molecule has 0 aliphatic heterocycles. The fourth-order valence-corrected chi connectivity index (χ4v) is 3.16. The molecule has 0 atom stereocenters. The lowest BCUT2D eigenvalue weighted by Gasteiger charge is -2.18. The molecule has 3 rings (SSSR count). The number of rotatable bonds is 7. The van der Waals surface area contributed by atoms with Crippen molar-refractivity contribution in [1.82, 2.24) is 9.97 Å². The van der Waals surface area contributed by atoms with E-state index in [1.165, 1.54) is 18.3 Å². The molecule has 12 heteroatoms. The zero-order valence-corrected chi connectivity index (χ0v) is 20.8. The molecule has 0 radical (unpaired) electrons. The molecule has 8 nitrogen and oxygen atoms in total. The summed E-state index contributed by atoms with van der Waals surface area (Å²) >= 11 is 0. The highest BCUT2D eigenvalue weighted by Gasteiger charge is 2.35. The molecule has 0 saturated carbocycles. The van der Waals surface area contributed by atoms with E-state index in [0.717, 1.165) is 6.07 Å². The number of hydrogen-bond donors (Lipinski definition) is 3. The maximum absolute atomic E-state index is 13.4. The SMILES string of the molecule is CCOc1cc(-c2ccc(NC(=O)Nc3ccc(OC(C)C)c(C(F)(F)F)c3)c(C)n2)cnc1O.Cl. The Balaban J connectivity index is 0.00000456. The number of pyridine rings is 2. The number of nitrogens with one attached hydrogen (secondary N) is 2. The van der Waals surface area contributed by atoms with Crippen LogP contribution in [0.2, 0.25) is 0 Å². The first-order chi connectivity index (χ1) is 16.5. The van der Waals surface area contributed by atoms with Gasteiger partial charge in [0.25, 0.3) is 5.88 Å². The number of ether oxygens (including phenoxy) is 2. The molecule has 0 bridgehead atoms. The maximum Gasteiger partial charge on any atom is 0.420 e. The van der Waals surface area contributed by atoms with Crippen LogP contribution in [0.3, 0.4) is 0 Å². The number of aromatic hydroxyl groups is 1. The molecular weight excluding hydrogens is 501 g/mol. The Hall–Kier alpha value is -3.73. The monoisotopic (exact) mass is 526 g/mol. The quantitative estimate of drug-likeness (QED) is 0.328. The first-order valence-corrected chi connectivity index (χ1v) is 10.7. The van der Waals surface area contributed by atoms with Crippen molar-refractivity contribution in [2.24, 2.45) is 0 Å². The lowest BCUT2D eigenvalue weighted by Crippen LogP contribution is -2.21. The largest absolute Gasteiger partial charge is 0.491 e. The molecule has 194 valence electrons. The summed E-state index contributed by atoms with van der Waals surface area (Å²) in [6.07, 6.45) is -3.66. The van der Waals surface area contributed by atoms with E-state index in [-0.39, 0.29) is 35.5 Å². The van der Waals surface area contributed by atoms with Gasteiger partial charge in [0.15, 0.2) is 5.75 Å². The number of anilines is 2.